The predicted octanol–water partition coefficient (Wildman–Crippen LogP) is 2.04. The zero-order valence-electron chi connectivity index (χ0n) is 7.86. The van der Waals surface area contributed by atoms with Gasteiger partial charge in [0.25, 0.3) is 0 Å². The maximum atomic E-state index is 5.58. The van der Waals surface area contributed by atoms with Gasteiger partial charge in [-0.2, -0.15) is 0 Å². The first-order valence-electron chi connectivity index (χ1n) is 4.41. The van der Waals surface area contributed by atoms with Gasteiger partial charge in [0.1, 0.15) is 11.5 Å². The van der Waals surface area contributed by atoms with E-state index in [2.05, 4.69) is 31.0 Å². The minimum atomic E-state index is 0.530. The molecule has 3 heteroatoms. The summed E-state index contributed by atoms with van der Waals surface area (Å²) in [7, 11) is 0. The summed E-state index contributed by atoms with van der Waals surface area (Å²) >= 11 is 0. The van der Waals surface area contributed by atoms with Gasteiger partial charge in [-0.15, -0.1) is 0 Å². The van der Waals surface area contributed by atoms with E-state index >= 15 is 0 Å². The van der Waals surface area contributed by atoms with Crippen LogP contribution in [0.2, 0.25) is 0 Å². The summed E-state index contributed by atoms with van der Waals surface area (Å²) in [6.07, 6.45) is 3.81. The molecule has 0 radical (unpaired) electrons. The molecule has 68 valence electrons. The summed E-state index contributed by atoms with van der Waals surface area (Å²) in [4.78, 5) is 4.20. The third kappa shape index (κ3) is 1.37. The van der Waals surface area contributed by atoms with Crippen molar-refractivity contribution in [3.8, 4) is 0 Å². The Bertz CT molecular complexity index is 429. The van der Waals surface area contributed by atoms with Crippen molar-refractivity contribution in [1.29, 1.82) is 0 Å². The van der Waals surface area contributed by atoms with Gasteiger partial charge in [0.2, 0.25) is 0 Å². The SMILES string of the molecule is CC(C)c1ccn2cc(N)nc2c1. The van der Waals surface area contributed by atoms with E-state index in [1.165, 1.54) is 5.56 Å². The summed E-state index contributed by atoms with van der Waals surface area (Å²) in [5, 5.41) is 0. The number of hydrogen-bond acceptors (Lipinski definition) is 2. The normalized spacial score (nSPS) is 11.3. The summed E-state index contributed by atoms with van der Waals surface area (Å²) in [5.74, 6) is 1.10. The van der Waals surface area contributed by atoms with Crippen molar-refractivity contribution in [2.75, 3.05) is 5.73 Å². The topological polar surface area (TPSA) is 43.3 Å². The van der Waals surface area contributed by atoms with Gasteiger partial charge in [0, 0.05) is 6.20 Å². The highest BCUT2D eigenvalue weighted by atomic mass is 15.0. The first kappa shape index (κ1) is 8.10. The lowest BCUT2D eigenvalue weighted by Crippen LogP contribution is -1.90. The Hall–Kier alpha value is -1.51. The summed E-state index contributed by atoms with van der Waals surface area (Å²) < 4.78 is 1.93. The highest BCUT2D eigenvalue weighted by Gasteiger charge is 2.02. The quantitative estimate of drug-likeness (QED) is 0.720. The van der Waals surface area contributed by atoms with Crippen molar-refractivity contribution < 1.29 is 0 Å². The van der Waals surface area contributed by atoms with Gasteiger partial charge < -0.3 is 10.1 Å². The van der Waals surface area contributed by atoms with Crippen LogP contribution in [-0.2, 0) is 0 Å². The van der Waals surface area contributed by atoms with Crippen LogP contribution in [-0.4, -0.2) is 9.38 Å². The monoisotopic (exact) mass is 175 g/mol. The van der Waals surface area contributed by atoms with Crippen LogP contribution in [0.25, 0.3) is 5.65 Å². The zero-order valence-corrected chi connectivity index (χ0v) is 7.86. The van der Waals surface area contributed by atoms with Gasteiger partial charge >= 0.3 is 0 Å². The van der Waals surface area contributed by atoms with E-state index in [1.54, 1.807) is 0 Å². The smallest absolute Gasteiger partial charge is 0.142 e. The molecule has 0 unspecified atom stereocenters. The van der Waals surface area contributed by atoms with Crippen molar-refractivity contribution in [3.05, 3.63) is 30.1 Å². The number of fused-ring (bicyclic) bond motifs is 1. The average molecular weight is 175 g/mol. The van der Waals surface area contributed by atoms with Gasteiger partial charge in [-0.1, -0.05) is 13.8 Å². The Morgan fingerprint density at radius 1 is 1.46 bits per heavy atom. The minimum absolute atomic E-state index is 0.530. The molecule has 0 aliphatic carbocycles. The number of nitrogens with two attached hydrogens (primary N) is 1. The Morgan fingerprint density at radius 3 is 2.92 bits per heavy atom. The van der Waals surface area contributed by atoms with Crippen LogP contribution < -0.4 is 5.73 Å². The fourth-order valence-electron chi connectivity index (χ4n) is 1.38. The molecule has 0 bridgehead atoms. The van der Waals surface area contributed by atoms with Crippen LogP contribution in [0.4, 0.5) is 5.82 Å². The molecular formula is C10H13N3. The van der Waals surface area contributed by atoms with Crippen molar-refractivity contribution in [1.82, 2.24) is 9.38 Å². The van der Waals surface area contributed by atoms with Gasteiger partial charge in [-0.25, -0.2) is 4.98 Å². The number of pyridine rings is 1. The van der Waals surface area contributed by atoms with Crippen LogP contribution in [0.1, 0.15) is 25.3 Å². The predicted molar refractivity (Wildman–Crippen MR) is 53.7 cm³/mol. The Labute approximate surface area is 77.2 Å². The second kappa shape index (κ2) is 2.76. The highest BCUT2D eigenvalue weighted by Crippen LogP contribution is 2.16. The molecule has 0 saturated carbocycles. The summed E-state index contributed by atoms with van der Waals surface area (Å²) in [5.41, 5.74) is 7.79. The maximum Gasteiger partial charge on any atom is 0.142 e. The molecule has 2 aromatic heterocycles. The molecule has 0 atom stereocenters. The number of rotatable bonds is 1. The molecule has 13 heavy (non-hydrogen) atoms. The second-order valence-electron chi connectivity index (χ2n) is 3.55. The largest absolute Gasteiger partial charge is 0.382 e. The van der Waals surface area contributed by atoms with Crippen molar-refractivity contribution in [2.24, 2.45) is 0 Å². The third-order valence-corrected chi connectivity index (χ3v) is 2.17. The molecule has 0 aliphatic rings. The van der Waals surface area contributed by atoms with Gasteiger partial charge in [0.15, 0.2) is 0 Å². The Morgan fingerprint density at radius 2 is 2.23 bits per heavy atom. The van der Waals surface area contributed by atoms with Gasteiger partial charge in [-0.3, -0.25) is 0 Å². The van der Waals surface area contributed by atoms with Gasteiger partial charge in [0.05, 0.1) is 6.20 Å². The highest BCUT2D eigenvalue weighted by molar-refractivity contribution is 5.48. The molecule has 0 amide bonds. The Balaban J connectivity index is 2.61. The minimum Gasteiger partial charge on any atom is -0.382 e. The fraction of sp³-hybridized carbons (Fsp3) is 0.300. The van der Waals surface area contributed by atoms with Crippen molar-refractivity contribution in [2.45, 2.75) is 19.8 Å². The molecule has 0 saturated heterocycles. The van der Waals surface area contributed by atoms with Crippen LogP contribution in [0.3, 0.4) is 0 Å². The first-order valence-corrected chi connectivity index (χ1v) is 4.41. The zero-order chi connectivity index (χ0) is 9.42. The number of nitrogens with zero attached hydrogens (tertiary/aromatic N) is 2. The van der Waals surface area contributed by atoms with Crippen LogP contribution in [0.15, 0.2) is 24.5 Å². The number of nitrogen functional groups attached to an aromatic ring is 1. The van der Waals surface area contributed by atoms with E-state index in [0.29, 0.717) is 11.7 Å². The van der Waals surface area contributed by atoms with Gasteiger partial charge in [-0.05, 0) is 23.6 Å². The van der Waals surface area contributed by atoms with E-state index in [9.17, 15) is 0 Å². The molecule has 2 aromatic rings. The third-order valence-electron chi connectivity index (χ3n) is 2.17. The second-order valence-corrected chi connectivity index (χ2v) is 3.55. The van der Waals surface area contributed by atoms with E-state index < -0.39 is 0 Å². The Kier molecular flexibility index (Phi) is 1.72. The molecule has 3 nitrogen and oxygen atoms in total. The molecular weight excluding hydrogens is 162 g/mol. The lowest BCUT2D eigenvalue weighted by molar-refractivity contribution is 0.863. The number of aromatic nitrogens is 2. The lowest BCUT2D eigenvalue weighted by Gasteiger charge is -2.04. The van der Waals surface area contributed by atoms with E-state index in [-0.39, 0.29) is 0 Å². The molecule has 0 aliphatic heterocycles. The lowest BCUT2D eigenvalue weighted by atomic mass is 10.1. The molecule has 0 aromatic carbocycles. The van der Waals surface area contributed by atoms with Crippen molar-refractivity contribution in [3.63, 3.8) is 0 Å². The van der Waals surface area contributed by atoms with Crippen LogP contribution in [0.5, 0.6) is 0 Å². The van der Waals surface area contributed by atoms with E-state index in [4.69, 9.17) is 5.73 Å². The first-order chi connectivity index (χ1) is 6.16. The van der Waals surface area contributed by atoms with Crippen molar-refractivity contribution >= 4 is 11.5 Å². The summed E-state index contributed by atoms with van der Waals surface area (Å²) in [6, 6.07) is 4.17. The van der Waals surface area contributed by atoms with E-state index in [0.717, 1.165) is 5.65 Å². The molecule has 2 N–H and O–H groups in total. The average Bonchev–Trinajstić information content (AvgIpc) is 2.42. The molecule has 0 spiro atoms. The number of imidazole rings is 1. The number of hydrogen-bond donors (Lipinski definition) is 1. The van der Waals surface area contributed by atoms with E-state index in [1.807, 2.05) is 16.8 Å². The number of anilines is 1. The maximum absolute atomic E-state index is 5.58. The molecule has 2 rings (SSSR count). The summed E-state index contributed by atoms with van der Waals surface area (Å²) in [6.45, 7) is 4.33. The fourth-order valence-corrected chi connectivity index (χ4v) is 1.38. The van der Waals surface area contributed by atoms with Crippen LogP contribution in [0, 0.1) is 0 Å². The van der Waals surface area contributed by atoms with Crippen LogP contribution >= 0.6 is 0 Å². The molecule has 2 heterocycles. The standard InChI is InChI=1S/C10H13N3/c1-7(2)8-3-4-13-6-9(11)12-10(13)5-8/h3-7H,11H2,1-2H3. The molecule has 0 fully saturated rings.